The Kier molecular flexibility index (Phi) is 6.28. The molecule has 0 aromatic heterocycles. The molecule has 1 aromatic rings. The minimum Gasteiger partial charge on any atom is -0.494 e. The van der Waals surface area contributed by atoms with Crippen LogP contribution in [0.2, 0.25) is 0 Å². The number of carbonyl (C=O) groups is 1. The molecule has 5 heteroatoms. The van der Waals surface area contributed by atoms with E-state index >= 15 is 0 Å². The standard InChI is InChI=1S/C15H24NO3P/c1-5-19-14-8-6-7-13(11-14)12(2)16-15(17)9-10-20(3,4)18/h6-8,11-12H,5,9-10H2,1-4H3,(H,16,17). The van der Waals surface area contributed by atoms with Crippen LogP contribution in [0.5, 0.6) is 5.75 Å². The lowest BCUT2D eigenvalue weighted by Gasteiger charge is -2.16. The third-order valence-electron chi connectivity index (χ3n) is 2.92. The molecule has 1 atom stereocenters. The van der Waals surface area contributed by atoms with Crippen molar-refractivity contribution in [2.24, 2.45) is 0 Å². The fraction of sp³-hybridized carbons (Fsp3) is 0.533. The fourth-order valence-corrected chi connectivity index (χ4v) is 2.55. The number of hydrogen-bond donors (Lipinski definition) is 1. The second-order valence-electron chi connectivity index (χ2n) is 5.34. The molecule has 0 saturated carbocycles. The van der Waals surface area contributed by atoms with Gasteiger partial charge < -0.3 is 14.6 Å². The van der Waals surface area contributed by atoms with Gasteiger partial charge in [-0.05, 0) is 44.9 Å². The predicted molar refractivity (Wildman–Crippen MR) is 83.1 cm³/mol. The average Bonchev–Trinajstić information content (AvgIpc) is 2.36. The van der Waals surface area contributed by atoms with Crippen molar-refractivity contribution < 1.29 is 14.1 Å². The van der Waals surface area contributed by atoms with Gasteiger partial charge >= 0.3 is 0 Å². The molecule has 4 nitrogen and oxygen atoms in total. The first-order valence-corrected chi connectivity index (χ1v) is 9.66. The number of ether oxygens (including phenoxy) is 1. The molecule has 112 valence electrons. The van der Waals surface area contributed by atoms with Gasteiger partial charge in [-0.2, -0.15) is 0 Å². The van der Waals surface area contributed by atoms with Crippen LogP contribution in [0.15, 0.2) is 24.3 Å². The van der Waals surface area contributed by atoms with Gasteiger partial charge in [0.1, 0.15) is 5.75 Å². The number of carbonyl (C=O) groups excluding carboxylic acids is 1. The normalized spacial score (nSPS) is 12.8. The molecule has 1 N–H and O–H groups in total. The van der Waals surface area contributed by atoms with Gasteiger partial charge in [-0.1, -0.05) is 12.1 Å². The minimum atomic E-state index is -2.13. The predicted octanol–water partition coefficient (Wildman–Crippen LogP) is 3.28. The van der Waals surface area contributed by atoms with Crippen LogP contribution in [0.1, 0.15) is 31.9 Å². The van der Waals surface area contributed by atoms with Gasteiger partial charge in [-0.25, -0.2) is 0 Å². The highest BCUT2D eigenvalue weighted by Crippen LogP contribution is 2.36. The highest BCUT2D eigenvalue weighted by atomic mass is 31.2. The number of amides is 1. The molecule has 1 rings (SSSR count). The summed E-state index contributed by atoms with van der Waals surface area (Å²) in [6.45, 7) is 7.89. The van der Waals surface area contributed by atoms with E-state index in [1.54, 1.807) is 13.3 Å². The van der Waals surface area contributed by atoms with Crippen molar-refractivity contribution in [3.63, 3.8) is 0 Å². The number of benzene rings is 1. The maximum absolute atomic E-state index is 11.8. The molecule has 1 amide bonds. The van der Waals surface area contributed by atoms with E-state index < -0.39 is 7.14 Å². The second kappa shape index (κ2) is 7.49. The smallest absolute Gasteiger partial charge is 0.220 e. The Hall–Kier alpha value is -1.28. The van der Waals surface area contributed by atoms with E-state index in [-0.39, 0.29) is 11.9 Å². The quantitative estimate of drug-likeness (QED) is 0.786. The van der Waals surface area contributed by atoms with Gasteiger partial charge in [0.2, 0.25) is 5.91 Å². The Morgan fingerprint density at radius 1 is 1.40 bits per heavy atom. The molecular formula is C15H24NO3P. The Morgan fingerprint density at radius 3 is 2.70 bits per heavy atom. The zero-order valence-electron chi connectivity index (χ0n) is 12.7. The monoisotopic (exact) mass is 297 g/mol. The maximum atomic E-state index is 11.8. The van der Waals surface area contributed by atoms with Gasteiger partial charge in [0.15, 0.2) is 0 Å². The van der Waals surface area contributed by atoms with E-state index in [4.69, 9.17) is 4.74 Å². The molecule has 0 bridgehead atoms. The second-order valence-corrected chi connectivity index (χ2v) is 8.94. The lowest BCUT2D eigenvalue weighted by atomic mass is 10.1. The van der Waals surface area contributed by atoms with E-state index in [0.29, 0.717) is 19.2 Å². The summed E-state index contributed by atoms with van der Waals surface area (Å²) in [7, 11) is -2.13. The van der Waals surface area contributed by atoms with Crippen molar-refractivity contribution in [1.82, 2.24) is 5.32 Å². The van der Waals surface area contributed by atoms with E-state index in [2.05, 4.69) is 5.32 Å². The van der Waals surface area contributed by atoms with Crippen LogP contribution < -0.4 is 10.1 Å². The fourth-order valence-electron chi connectivity index (χ4n) is 1.81. The van der Waals surface area contributed by atoms with Crippen LogP contribution >= 0.6 is 7.14 Å². The molecule has 0 radical (unpaired) electrons. The molecule has 0 aliphatic heterocycles. The molecule has 0 aliphatic carbocycles. The first-order valence-electron chi connectivity index (χ1n) is 6.88. The van der Waals surface area contributed by atoms with E-state index in [9.17, 15) is 9.36 Å². The summed E-state index contributed by atoms with van der Waals surface area (Å²) >= 11 is 0. The average molecular weight is 297 g/mol. The molecule has 20 heavy (non-hydrogen) atoms. The summed E-state index contributed by atoms with van der Waals surface area (Å²) < 4.78 is 17.0. The highest BCUT2D eigenvalue weighted by Gasteiger charge is 2.13. The van der Waals surface area contributed by atoms with Gasteiger partial charge in [0.05, 0.1) is 19.8 Å². The Bertz CT molecular complexity index is 496. The highest BCUT2D eigenvalue weighted by molar-refractivity contribution is 7.62. The zero-order valence-corrected chi connectivity index (χ0v) is 13.6. The van der Waals surface area contributed by atoms with E-state index in [1.807, 2.05) is 38.1 Å². The molecule has 0 fully saturated rings. The van der Waals surface area contributed by atoms with Crippen molar-refractivity contribution in [3.8, 4) is 5.75 Å². The zero-order chi connectivity index (χ0) is 15.2. The summed E-state index contributed by atoms with van der Waals surface area (Å²) in [5, 5.41) is 2.92. The molecule has 0 spiro atoms. The van der Waals surface area contributed by atoms with Gasteiger partial charge in [-0.3, -0.25) is 4.79 Å². The summed E-state index contributed by atoms with van der Waals surface area (Å²) in [6, 6.07) is 7.61. The van der Waals surface area contributed by atoms with Crippen LogP contribution in [0.3, 0.4) is 0 Å². The number of hydrogen-bond acceptors (Lipinski definition) is 3. The molecule has 0 heterocycles. The Morgan fingerprint density at radius 2 is 2.10 bits per heavy atom. The molecule has 1 unspecified atom stereocenters. The third kappa shape index (κ3) is 6.25. The molecule has 0 aliphatic rings. The lowest BCUT2D eigenvalue weighted by molar-refractivity contribution is -0.121. The third-order valence-corrected chi connectivity index (χ3v) is 4.22. The first kappa shape index (κ1) is 16.8. The minimum absolute atomic E-state index is 0.0664. The number of nitrogens with one attached hydrogen (secondary N) is 1. The molecule has 1 aromatic carbocycles. The summed E-state index contributed by atoms with van der Waals surface area (Å²) in [5.74, 6) is 0.737. The van der Waals surface area contributed by atoms with Crippen molar-refractivity contribution in [1.29, 1.82) is 0 Å². The van der Waals surface area contributed by atoms with Crippen molar-refractivity contribution >= 4 is 13.0 Å². The van der Waals surface area contributed by atoms with Crippen LogP contribution in [0, 0.1) is 0 Å². The van der Waals surface area contributed by atoms with E-state index in [1.165, 1.54) is 0 Å². The van der Waals surface area contributed by atoms with Crippen LogP contribution in [-0.4, -0.2) is 32.0 Å². The lowest BCUT2D eigenvalue weighted by Crippen LogP contribution is -2.27. The SMILES string of the molecule is CCOc1cccc(C(C)NC(=O)CCP(C)(C)=O)c1. The van der Waals surface area contributed by atoms with Gasteiger partial charge in [0, 0.05) is 12.6 Å². The topological polar surface area (TPSA) is 55.4 Å². The molecule has 0 saturated heterocycles. The largest absolute Gasteiger partial charge is 0.494 e. The number of rotatable bonds is 7. The van der Waals surface area contributed by atoms with Crippen LogP contribution in [0.4, 0.5) is 0 Å². The first-order chi connectivity index (χ1) is 9.31. The summed E-state index contributed by atoms with van der Waals surface area (Å²) in [5.41, 5.74) is 1.00. The Labute approximate surface area is 121 Å². The Balaban J connectivity index is 2.57. The van der Waals surface area contributed by atoms with Crippen molar-refractivity contribution in [3.05, 3.63) is 29.8 Å². The van der Waals surface area contributed by atoms with E-state index in [0.717, 1.165) is 11.3 Å². The van der Waals surface area contributed by atoms with Crippen molar-refractivity contribution in [2.75, 3.05) is 26.1 Å². The van der Waals surface area contributed by atoms with Crippen molar-refractivity contribution in [2.45, 2.75) is 26.3 Å². The molecular weight excluding hydrogens is 273 g/mol. The summed E-state index contributed by atoms with van der Waals surface area (Å²) in [4.78, 5) is 11.8. The van der Waals surface area contributed by atoms with Crippen LogP contribution in [-0.2, 0) is 9.36 Å². The van der Waals surface area contributed by atoms with Gasteiger partial charge in [-0.15, -0.1) is 0 Å². The summed E-state index contributed by atoms with van der Waals surface area (Å²) in [6.07, 6.45) is 0.754. The van der Waals surface area contributed by atoms with Crippen LogP contribution in [0.25, 0.3) is 0 Å². The maximum Gasteiger partial charge on any atom is 0.220 e. The van der Waals surface area contributed by atoms with Gasteiger partial charge in [0.25, 0.3) is 0 Å².